The predicted molar refractivity (Wildman–Crippen MR) is 176 cm³/mol. The summed E-state index contributed by atoms with van der Waals surface area (Å²) >= 11 is 0. The van der Waals surface area contributed by atoms with Gasteiger partial charge in [0, 0.05) is 43.4 Å². The molecule has 1 N–H and O–H groups in total. The first kappa shape index (κ1) is 28.8. The minimum atomic E-state index is -4.12. The fraction of sp³-hybridized carbons (Fsp3) is 0.0857. The lowest BCUT2D eigenvalue weighted by Gasteiger charge is -2.29. The van der Waals surface area contributed by atoms with E-state index in [1.807, 2.05) is 134 Å². The number of pyridine rings is 1. The van der Waals surface area contributed by atoms with Crippen LogP contribution >= 0.6 is 7.60 Å². The van der Waals surface area contributed by atoms with Crippen molar-refractivity contribution < 1.29 is 13.6 Å². The molecule has 0 fully saturated rings. The molecule has 6 aromatic rings. The monoisotopic (exact) mass is 601 g/mol. The van der Waals surface area contributed by atoms with Gasteiger partial charge in [0.2, 0.25) is 0 Å². The largest absolute Gasteiger partial charge is 0.457 e. The van der Waals surface area contributed by atoms with E-state index in [1.165, 1.54) is 0 Å². The highest BCUT2D eigenvalue weighted by atomic mass is 31.2. The molecule has 0 aliphatic carbocycles. The number of benzene rings is 4. The van der Waals surface area contributed by atoms with E-state index in [2.05, 4.69) is 10.3 Å². The van der Waals surface area contributed by atoms with Crippen molar-refractivity contribution in [1.29, 1.82) is 0 Å². The third-order valence-corrected chi connectivity index (χ3v) is 8.89. The maximum Gasteiger partial charge on any atom is 0.457 e. The Labute approximate surface area is 257 Å². The third-order valence-electron chi connectivity index (χ3n) is 6.92. The Bertz CT molecular complexity index is 1790. The second-order valence-electron chi connectivity index (χ2n) is 10.3. The molecule has 2 heterocycles. The van der Waals surface area contributed by atoms with Crippen molar-refractivity contribution in [3.05, 3.63) is 151 Å². The maximum atomic E-state index is 15.4. The summed E-state index contributed by atoms with van der Waals surface area (Å²) in [6.45, 7) is 0. The van der Waals surface area contributed by atoms with E-state index in [9.17, 15) is 0 Å². The van der Waals surface area contributed by atoms with Gasteiger partial charge in [0.05, 0.1) is 11.4 Å². The lowest BCUT2D eigenvalue weighted by Crippen LogP contribution is -2.19. The average Bonchev–Trinajstić information content (AvgIpc) is 3.50. The van der Waals surface area contributed by atoms with Gasteiger partial charge in [0.25, 0.3) is 0 Å². The highest BCUT2D eigenvalue weighted by Crippen LogP contribution is 2.61. The van der Waals surface area contributed by atoms with Crippen LogP contribution in [0.15, 0.2) is 146 Å². The number of hydrogen-bond donors (Lipinski definition) is 1. The molecular formula is C35H32N5O3P. The fourth-order valence-electron chi connectivity index (χ4n) is 4.72. The molecule has 0 aliphatic rings. The zero-order valence-corrected chi connectivity index (χ0v) is 25.3. The molecule has 4 aromatic carbocycles. The molecule has 8 nitrogen and oxygen atoms in total. The molecule has 6 rings (SSSR count). The lowest BCUT2D eigenvalue weighted by molar-refractivity contribution is 0.376. The topological polar surface area (TPSA) is 81.5 Å². The van der Waals surface area contributed by atoms with Crippen molar-refractivity contribution in [3.63, 3.8) is 0 Å². The number of hydrogen-bond acceptors (Lipinski definition) is 7. The standard InChI is InChI=1S/C35H32N5O3P/c1-39(2)28-23-21-27(22-24-28)37-35(44(41,42-30-16-8-4-9-17-30)43-31-18-10-5-11-19-31)32-26-40(29-14-6-3-7-15-29)38-34(32)33-20-12-13-25-36-33/h3-26,35,37H,1-2H3. The van der Waals surface area contributed by atoms with Crippen LogP contribution in [0.3, 0.4) is 0 Å². The molecule has 1 unspecified atom stereocenters. The van der Waals surface area contributed by atoms with Crippen LogP contribution in [0.5, 0.6) is 11.5 Å². The van der Waals surface area contributed by atoms with Gasteiger partial charge >= 0.3 is 7.60 Å². The number of para-hydroxylation sites is 3. The van der Waals surface area contributed by atoms with E-state index < -0.39 is 13.4 Å². The van der Waals surface area contributed by atoms with Gasteiger partial charge in [0.1, 0.15) is 17.2 Å². The molecule has 2 aromatic heterocycles. The number of nitrogens with zero attached hydrogens (tertiary/aromatic N) is 4. The first-order valence-electron chi connectivity index (χ1n) is 14.2. The lowest BCUT2D eigenvalue weighted by atomic mass is 10.1. The van der Waals surface area contributed by atoms with E-state index in [1.54, 1.807) is 35.1 Å². The Kier molecular flexibility index (Phi) is 8.43. The third kappa shape index (κ3) is 6.51. The van der Waals surface area contributed by atoms with Crippen LogP contribution in [0.1, 0.15) is 11.3 Å². The van der Waals surface area contributed by atoms with E-state index in [-0.39, 0.29) is 0 Å². The van der Waals surface area contributed by atoms with Crippen molar-refractivity contribution in [2.75, 3.05) is 24.3 Å². The number of aromatic nitrogens is 3. The Morgan fingerprint density at radius 1 is 0.727 bits per heavy atom. The average molecular weight is 602 g/mol. The van der Waals surface area contributed by atoms with Crippen LogP contribution in [-0.4, -0.2) is 28.9 Å². The summed E-state index contributed by atoms with van der Waals surface area (Å²) < 4.78 is 29.9. The quantitative estimate of drug-likeness (QED) is 0.149. The van der Waals surface area contributed by atoms with E-state index >= 15 is 4.57 Å². The molecule has 0 spiro atoms. The van der Waals surface area contributed by atoms with Crippen LogP contribution in [0.4, 0.5) is 11.4 Å². The van der Waals surface area contributed by atoms with E-state index in [0.29, 0.717) is 28.5 Å². The molecule has 9 heteroatoms. The molecule has 0 saturated carbocycles. The zero-order valence-electron chi connectivity index (χ0n) is 24.4. The van der Waals surface area contributed by atoms with Crippen LogP contribution in [0.25, 0.3) is 17.1 Å². The zero-order chi connectivity index (χ0) is 30.4. The van der Waals surface area contributed by atoms with Crippen molar-refractivity contribution >= 4 is 19.0 Å². The van der Waals surface area contributed by atoms with Crippen LogP contribution in [0, 0.1) is 0 Å². The summed E-state index contributed by atoms with van der Waals surface area (Å²) in [5.41, 5.74) is 4.37. The molecule has 0 amide bonds. The van der Waals surface area contributed by atoms with Gasteiger partial charge < -0.3 is 19.3 Å². The SMILES string of the molecule is CN(C)c1ccc(NC(c2cn(-c3ccccc3)nc2-c2ccccn2)P(=O)(Oc2ccccc2)Oc2ccccc2)cc1. The Hall–Kier alpha value is -5.33. The summed E-state index contributed by atoms with van der Waals surface area (Å²) in [5, 5.41) is 8.46. The second-order valence-corrected chi connectivity index (χ2v) is 12.2. The molecule has 220 valence electrons. The molecule has 0 aliphatic heterocycles. The van der Waals surface area contributed by atoms with Gasteiger partial charge in [-0.2, -0.15) is 5.10 Å². The minimum absolute atomic E-state index is 0.413. The number of nitrogens with one attached hydrogen (secondary N) is 1. The summed E-state index contributed by atoms with van der Waals surface area (Å²) in [7, 11) is -0.152. The number of anilines is 2. The van der Waals surface area contributed by atoms with Crippen molar-refractivity contribution in [2.45, 2.75) is 5.78 Å². The van der Waals surface area contributed by atoms with Crippen molar-refractivity contribution in [1.82, 2.24) is 14.8 Å². The second kappa shape index (κ2) is 12.9. The summed E-state index contributed by atoms with van der Waals surface area (Å²) in [4.78, 5) is 6.63. The van der Waals surface area contributed by atoms with Gasteiger partial charge in [-0.15, -0.1) is 0 Å². The van der Waals surface area contributed by atoms with Gasteiger partial charge in [-0.3, -0.25) is 4.98 Å². The summed E-state index contributed by atoms with van der Waals surface area (Å²) in [6.07, 6.45) is 3.57. The maximum absolute atomic E-state index is 15.4. The highest BCUT2D eigenvalue weighted by molar-refractivity contribution is 7.55. The fourth-order valence-corrected chi connectivity index (χ4v) is 6.64. The predicted octanol–water partition coefficient (Wildman–Crippen LogP) is 8.46. The van der Waals surface area contributed by atoms with Gasteiger partial charge in [-0.1, -0.05) is 60.7 Å². The molecule has 0 bridgehead atoms. The number of rotatable bonds is 11. The van der Waals surface area contributed by atoms with Gasteiger partial charge in [-0.05, 0) is 72.8 Å². The van der Waals surface area contributed by atoms with Crippen molar-refractivity contribution in [2.24, 2.45) is 0 Å². The van der Waals surface area contributed by atoms with Crippen LogP contribution < -0.4 is 19.3 Å². The van der Waals surface area contributed by atoms with Crippen LogP contribution in [-0.2, 0) is 4.57 Å². The summed E-state index contributed by atoms with van der Waals surface area (Å²) in [5.74, 6) is -0.171. The Morgan fingerprint density at radius 3 is 1.84 bits per heavy atom. The van der Waals surface area contributed by atoms with Crippen molar-refractivity contribution in [3.8, 4) is 28.6 Å². The normalized spacial score (nSPS) is 11.9. The molecular weight excluding hydrogens is 569 g/mol. The van der Waals surface area contributed by atoms with E-state index in [0.717, 1.165) is 17.1 Å². The molecule has 0 saturated heterocycles. The van der Waals surface area contributed by atoms with Gasteiger partial charge in [0.15, 0.2) is 5.78 Å². The minimum Gasteiger partial charge on any atom is -0.414 e. The first-order chi connectivity index (χ1) is 21.5. The van der Waals surface area contributed by atoms with Crippen LogP contribution in [0.2, 0.25) is 0 Å². The summed E-state index contributed by atoms with van der Waals surface area (Å²) in [6, 6.07) is 41.4. The van der Waals surface area contributed by atoms with Gasteiger partial charge in [-0.25, -0.2) is 9.25 Å². The Balaban J connectivity index is 1.55. The smallest absolute Gasteiger partial charge is 0.414 e. The molecule has 1 atom stereocenters. The Morgan fingerprint density at radius 2 is 1.30 bits per heavy atom. The van der Waals surface area contributed by atoms with E-state index in [4.69, 9.17) is 14.1 Å². The molecule has 44 heavy (non-hydrogen) atoms. The first-order valence-corrected chi connectivity index (χ1v) is 15.8. The molecule has 0 radical (unpaired) electrons. The highest BCUT2D eigenvalue weighted by Gasteiger charge is 2.44.